The first-order valence-electron chi connectivity index (χ1n) is 5.37. The maximum Gasteiger partial charge on any atom is 0.120 e. The number of alkyl halides is 1. The van der Waals surface area contributed by atoms with Crippen LogP contribution >= 0.6 is 0 Å². The first-order chi connectivity index (χ1) is 5.98. The average molecular weight is 185 g/mol. The SMILES string of the molecule is CC(C)(C)C12CCCN1CCC2F. The van der Waals surface area contributed by atoms with E-state index < -0.39 is 6.17 Å². The molecule has 0 saturated carbocycles. The van der Waals surface area contributed by atoms with E-state index in [1.807, 2.05) is 0 Å². The summed E-state index contributed by atoms with van der Waals surface area (Å²) in [7, 11) is 0. The van der Waals surface area contributed by atoms with E-state index in [9.17, 15) is 4.39 Å². The summed E-state index contributed by atoms with van der Waals surface area (Å²) >= 11 is 0. The summed E-state index contributed by atoms with van der Waals surface area (Å²) in [6.45, 7) is 8.63. The third kappa shape index (κ3) is 1.08. The summed E-state index contributed by atoms with van der Waals surface area (Å²) in [6, 6.07) is 0. The molecule has 0 amide bonds. The Morgan fingerprint density at radius 1 is 1.31 bits per heavy atom. The van der Waals surface area contributed by atoms with E-state index in [-0.39, 0.29) is 11.0 Å². The third-order valence-corrected chi connectivity index (χ3v) is 4.02. The molecule has 2 unspecified atom stereocenters. The Labute approximate surface area is 80.3 Å². The molecule has 0 N–H and O–H groups in total. The van der Waals surface area contributed by atoms with E-state index in [2.05, 4.69) is 25.7 Å². The molecule has 0 radical (unpaired) electrons. The van der Waals surface area contributed by atoms with Crippen molar-refractivity contribution in [3.05, 3.63) is 0 Å². The number of hydrogen-bond acceptors (Lipinski definition) is 1. The topological polar surface area (TPSA) is 3.24 Å². The number of rotatable bonds is 0. The summed E-state index contributed by atoms with van der Waals surface area (Å²) in [5, 5.41) is 0. The quantitative estimate of drug-likeness (QED) is 0.560. The second-order valence-corrected chi connectivity index (χ2v) is 5.52. The van der Waals surface area contributed by atoms with Gasteiger partial charge >= 0.3 is 0 Å². The van der Waals surface area contributed by atoms with Crippen LogP contribution in [0.25, 0.3) is 0 Å². The number of nitrogens with zero attached hydrogens (tertiary/aromatic N) is 1. The number of hydrogen-bond donors (Lipinski definition) is 0. The molecule has 76 valence electrons. The highest BCUT2D eigenvalue weighted by atomic mass is 19.1. The molecule has 2 aliphatic rings. The van der Waals surface area contributed by atoms with E-state index in [4.69, 9.17) is 0 Å². The Morgan fingerprint density at radius 2 is 2.00 bits per heavy atom. The molecule has 0 aromatic heterocycles. The zero-order valence-corrected chi connectivity index (χ0v) is 8.94. The molecule has 0 bridgehead atoms. The van der Waals surface area contributed by atoms with E-state index in [0.29, 0.717) is 0 Å². The van der Waals surface area contributed by atoms with Gasteiger partial charge in [-0.1, -0.05) is 20.8 Å². The molecule has 2 fully saturated rings. The highest BCUT2D eigenvalue weighted by molar-refractivity contribution is 5.12. The monoisotopic (exact) mass is 185 g/mol. The van der Waals surface area contributed by atoms with Gasteiger partial charge in [0.15, 0.2) is 0 Å². The predicted octanol–water partition coefficient (Wildman–Crippen LogP) is 2.61. The van der Waals surface area contributed by atoms with Crippen molar-refractivity contribution in [2.24, 2.45) is 5.41 Å². The van der Waals surface area contributed by atoms with Crippen molar-refractivity contribution < 1.29 is 4.39 Å². The van der Waals surface area contributed by atoms with E-state index >= 15 is 0 Å². The lowest BCUT2D eigenvalue weighted by atomic mass is 9.70. The molecule has 0 aromatic rings. The van der Waals surface area contributed by atoms with Crippen molar-refractivity contribution in [1.82, 2.24) is 4.90 Å². The van der Waals surface area contributed by atoms with Gasteiger partial charge in [0.05, 0.1) is 5.54 Å². The molecule has 2 aliphatic heterocycles. The van der Waals surface area contributed by atoms with Gasteiger partial charge in [-0.3, -0.25) is 4.90 Å². The minimum atomic E-state index is -0.602. The molecular weight excluding hydrogens is 165 g/mol. The minimum absolute atomic E-state index is 0.0828. The average Bonchev–Trinajstić information content (AvgIpc) is 2.50. The van der Waals surface area contributed by atoms with Gasteiger partial charge in [0.25, 0.3) is 0 Å². The Hall–Kier alpha value is -0.110. The van der Waals surface area contributed by atoms with Gasteiger partial charge in [-0.25, -0.2) is 4.39 Å². The second kappa shape index (κ2) is 2.69. The second-order valence-electron chi connectivity index (χ2n) is 5.52. The van der Waals surface area contributed by atoms with Crippen molar-refractivity contribution in [3.63, 3.8) is 0 Å². The van der Waals surface area contributed by atoms with Crippen LogP contribution in [0.1, 0.15) is 40.0 Å². The van der Waals surface area contributed by atoms with Crippen LogP contribution in [0.4, 0.5) is 4.39 Å². The van der Waals surface area contributed by atoms with Crippen molar-refractivity contribution in [1.29, 1.82) is 0 Å². The van der Waals surface area contributed by atoms with Crippen LogP contribution in [-0.4, -0.2) is 29.7 Å². The Balaban J connectivity index is 2.35. The molecule has 1 nitrogen and oxygen atoms in total. The highest BCUT2D eigenvalue weighted by Gasteiger charge is 2.58. The van der Waals surface area contributed by atoms with Crippen molar-refractivity contribution in [3.8, 4) is 0 Å². The van der Waals surface area contributed by atoms with Crippen LogP contribution < -0.4 is 0 Å². The third-order valence-electron chi connectivity index (χ3n) is 4.02. The van der Waals surface area contributed by atoms with Crippen LogP contribution in [-0.2, 0) is 0 Å². The molecule has 13 heavy (non-hydrogen) atoms. The standard InChI is InChI=1S/C11H20FN/c1-10(2,3)11-6-4-7-13(11)8-5-9(11)12/h9H,4-8H2,1-3H3. The smallest absolute Gasteiger partial charge is 0.120 e. The lowest BCUT2D eigenvalue weighted by Gasteiger charge is -2.45. The van der Waals surface area contributed by atoms with Gasteiger partial charge in [0, 0.05) is 6.54 Å². The Kier molecular flexibility index (Phi) is 1.96. The number of halogens is 1. The van der Waals surface area contributed by atoms with E-state index in [1.54, 1.807) is 0 Å². The summed E-state index contributed by atoms with van der Waals surface area (Å²) in [5.41, 5.74) is -0.0492. The molecule has 2 rings (SSSR count). The molecule has 0 aliphatic carbocycles. The maximum absolute atomic E-state index is 14.0. The lowest BCUT2D eigenvalue weighted by Crippen LogP contribution is -2.54. The number of fused-ring (bicyclic) bond motifs is 1. The van der Waals surface area contributed by atoms with Crippen LogP contribution in [0.2, 0.25) is 0 Å². The molecule has 2 atom stereocenters. The summed E-state index contributed by atoms with van der Waals surface area (Å²) in [4.78, 5) is 2.39. The van der Waals surface area contributed by atoms with Gasteiger partial charge in [-0.05, 0) is 31.2 Å². The fourth-order valence-corrected chi connectivity index (χ4v) is 3.39. The molecule has 2 heterocycles. The van der Waals surface area contributed by atoms with Crippen LogP contribution in [0.5, 0.6) is 0 Å². The fourth-order valence-electron chi connectivity index (χ4n) is 3.39. The maximum atomic E-state index is 14.0. The Bertz CT molecular complexity index is 209. The molecule has 2 heteroatoms. The minimum Gasteiger partial charge on any atom is -0.294 e. The molecular formula is C11H20FN. The predicted molar refractivity (Wildman–Crippen MR) is 52.5 cm³/mol. The van der Waals surface area contributed by atoms with Gasteiger partial charge in [0.1, 0.15) is 6.17 Å². The molecule has 2 saturated heterocycles. The fraction of sp³-hybridized carbons (Fsp3) is 1.00. The highest BCUT2D eigenvalue weighted by Crippen LogP contribution is 2.51. The zero-order valence-electron chi connectivity index (χ0n) is 8.94. The van der Waals surface area contributed by atoms with E-state index in [0.717, 1.165) is 25.9 Å². The van der Waals surface area contributed by atoms with Crippen molar-refractivity contribution in [2.75, 3.05) is 13.1 Å². The molecule has 0 aromatic carbocycles. The zero-order chi connectivity index (χ0) is 9.69. The van der Waals surface area contributed by atoms with Crippen LogP contribution in [0.15, 0.2) is 0 Å². The van der Waals surface area contributed by atoms with Gasteiger partial charge in [0.2, 0.25) is 0 Å². The van der Waals surface area contributed by atoms with Gasteiger partial charge < -0.3 is 0 Å². The van der Waals surface area contributed by atoms with Gasteiger partial charge in [-0.15, -0.1) is 0 Å². The first kappa shape index (κ1) is 9.45. The summed E-state index contributed by atoms with van der Waals surface area (Å²) < 4.78 is 14.0. The molecule has 0 spiro atoms. The lowest BCUT2D eigenvalue weighted by molar-refractivity contribution is 0.0114. The van der Waals surface area contributed by atoms with E-state index in [1.165, 1.54) is 6.42 Å². The first-order valence-corrected chi connectivity index (χ1v) is 5.37. The van der Waals surface area contributed by atoms with Crippen molar-refractivity contribution >= 4 is 0 Å². The van der Waals surface area contributed by atoms with Crippen LogP contribution in [0, 0.1) is 5.41 Å². The Morgan fingerprint density at radius 3 is 2.54 bits per heavy atom. The largest absolute Gasteiger partial charge is 0.294 e. The van der Waals surface area contributed by atoms with Gasteiger partial charge in [-0.2, -0.15) is 0 Å². The van der Waals surface area contributed by atoms with Crippen molar-refractivity contribution in [2.45, 2.75) is 51.7 Å². The summed E-state index contributed by atoms with van der Waals surface area (Å²) in [6.07, 6.45) is 2.38. The normalized spacial score (nSPS) is 41.1. The van der Waals surface area contributed by atoms with Crippen LogP contribution in [0.3, 0.4) is 0 Å². The summed E-state index contributed by atoms with van der Waals surface area (Å²) in [5.74, 6) is 0.